The second-order valence-corrected chi connectivity index (χ2v) is 9.17. The number of likely N-dealkylation sites (tertiary alicyclic amines) is 1. The third-order valence-electron chi connectivity index (χ3n) is 6.19. The van der Waals surface area contributed by atoms with E-state index in [0.717, 1.165) is 45.0 Å². The van der Waals surface area contributed by atoms with Crippen molar-refractivity contribution in [1.29, 1.82) is 0 Å². The topological polar surface area (TPSA) is 42.9 Å². The molecule has 2 saturated heterocycles. The van der Waals surface area contributed by atoms with Gasteiger partial charge >= 0.3 is 0 Å². The molecular formula is C24H35N5S. The van der Waals surface area contributed by atoms with Crippen molar-refractivity contribution in [3.05, 3.63) is 53.4 Å². The first-order valence-corrected chi connectivity index (χ1v) is 12.3. The lowest BCUT2D eigenvalue weighted by atomic mass is 10.1. The minimum Gasteiger partial charge on any atom is -0.363 e. The van der Waals surface area contributed by atoms with Gasteiger partial charge in [0.25, 0.3) is 0 Å². The van der Waals surface area contributed by atoms with Gasteiger partial charge < -0.3 is 15.5 Å². The van der Waals surface area contributed by atoms with Crippen LogP contribution in [0.1, 0.15) is 44.2 Å². The van der Waals surface area contributed by atoms with Crippen LogP contribution in [0.4, 0.5) is 5.00 Å². The second-order valence-electron chi connectivity index (χ2n) is 8.25. The minimum absolute atomic E-state index is 0.366. The molecule has 2 aliphatic rings. The Morgan fingerprint density at radius 2 is 1.83 bits per heavy atom. The van der Waals surface area contributed by atoms with E-state index in [-0.39, 0.29) is 0 Å². The zero-order chi connectivity index (χ0) is 20.6. The van der Waals surface area contributed by atoms with Crippen LogP contribution in [-0.4, -0.2) is 56.2 Å². The summed E-state index contributed by atoms with van der Waals surface area (Å²) < 4.78 is 0. The lowest BCUT2D eigenvalue weighted by Crippen LogP contribution is -2.49. The number of nitrogens with one attached hydrogen (secondary N) is 2. The van der Waals surface area contributed by atoms with Gasteiger partial charge in [0, 0.05) is 25.7 Å². The smallest absolute Gasteiger partial charge is 0.191 e. The predicted molar refractivity (Wildman–Crippen MR) is 129 cm³/mol. The van der Waals surface area contributed by atoms with Crippen molar-refractivity contribution in [1.82, 2.24) is 15.5 Å². The number of rotatable bonds is 7. The van der Waals surface area contributed by atoms with Crippen LogP contribution < -0.4 is 15.5 Å². The van der Waals surface area contributed by atoms with Crippen LogP contribution in [0.25, 0.3) is 0 Å². The molecule has 0 amide bonds. The molecule has 1 atom stereocenters. The number of hydrogen-bond donors (Lipinski definition) is 2. The maximum absolute atomic E-state index is 5.04. The number of guanidine groups is 1. The lowest BCUT2D eigenvalue weighted by Gasteiger charge is -2.34. The number of anilines is 1. The van der Waals surface area contributed by atoms with Gasteiger partial charge in [-0.15, -0.1) is 11.3 Å². The summed E-state index contributed by atoms with van der Waals surface area (Å²) in [5.74, 6) is 0.965. The highest BCUT2D eigenvalue weighted by molar-refractivity contribution is 7.14. The second kappa shape index (κ2) is 10.8. The maximum atomic E-state index is 5.04. The van der Waals surface area contributed by atoms with E-state index in [1.165, 1.54) is 36.5 Å². The normalized spacial score (nSPS) is 19.8. The van der Waals surface area contributed by atoms with Gasteiger partial charge in [-0.2, -0.15) is 0 Å². The summed E-state index contributed by atoms with van der Waals surface area (Å²) >= 11 is 1.84. The molecule has 0 saturated carbocycles. The summed E-state index contributed by atoms with van der Waals surface area (Å²) in [5.41, 5.74) is 1.38. The first-order chi connectivity index (χ1) is 14.8. The summed E-state index contributed by atoms with van der Waals surface area (Å²) in [7, 11) is 0. The van der Waals surface area contributed by atoms with Crippen molar-refractivity contribution in [2.24, 2.45) is 4.99 Å². The number of aliphatic imine (C=N–C) groups is 1. The molecule has 0 bridgehead atoms. The monoisotopic (exact) mass is 425 g/mol. The Morgan fingerprint density at radius 1 is 1.07 bits per heavy atom. The first-order valence-electron chi connectivity index (χ1n) is 11.5. The maximum Gasteiger partial charge on any atom is 0.191 e. The van der Waals surface area contributed by atoms with Gasteiger partial charge in [0.05, 0.1) is 17.6 Å². The molecule has 1 unspecified atom stereocenters. The Hall–Kier alpha value is -2.05. The summed E-state index contributed by atoms with van der Waals surface area (Å²) in [6, 6.07) is 16.1. The fraction of sp³-hybridized carbons (Fsp3) is 0.542. The summed E-state index contributed by atoms with van der Waals surface area (Å²) in [6.45, 7) is 8.41. The Kier molecular flexibility index (Phi) is 7.65. The van der Waals surface area contributed by atoms with E-state index >= 15 is 0 Å². The molecule has 30 heavy (non-hydrogen) atoms. The number of thiophene rings is 1. The molecule has 4 rings (SSSR count). The molecule has 5 nitrogen and oxygen atoms in total. The van der Waals surface area contributed by atoms with Gasteiger partial charge in [-0.25, -0.2) is 0 Å². The molecule has 2 aliphatic heterocycles. The van der Waals surface area contributed by atoms with Crippen molar-refractivity contribution in [3.8, 4) is 0 Å². The average Bonchev–Trinajstić information content (AvgIpc) is 3.50. The zero-order valence-electron chi connectivity index (χ0n) is 18.1. The predicted octanol–water partition coefficient (Wildman–Crippen LogP) is 4.11. The standard InChI is InChI=1S/C24H35N5S/c1-2-25-24(27-21-12-16-29(17-13-21)23-11-8-18-30-23)26-19-22(28-14-6-7-15-28)20-9-4-3-5-10-20/h3-5,8-11,18,21-22H,2,6-7,12-17,19H2,1H3,(H2,25,26,27). The molecule has 0 aliphatic carbocycles. The molecular weight excluding hydrogens is 390 g/mol. The van der Waals surface area contributed by atoms with Crippen molar-refractivity contribution in [2.75, 3.05) is 44.2 Å². The number of hydrogen-bond acceptors (Lipinski definition) is 4. The molecule has 3 heterocycles. The molecule has 2 aromatic rings. The molecule has 6 heteroatoms. The molecule has 2 N–H and O–H groups in total. The molecule has 1 aromatic heterocycles. The average molecular weight is 426 g/mol. The third-order valence-corrected chi connectivity index (χ3v) is 7.11. The Morgan fingerprint density at radius 3 is 2.50 bits per heavy atom. The lowest BCUT2D eigenvalue weighted by molar-refractivity contribution is 0.251. The quantitative estimate of drug-likeness (QED) is 0.518. The Balaban J connectivity index is 1.37. The summed E-state index contributed by atoms with van der Waals surface area (Å²) in [6.07, 6.45) is 4.90. The van der Waals surface area contributed by atoms with E-state index in [9.17, 15) is 0 Å². The SMILES string of the molecule is CCNC(=NCC(c1ccccc1)N1CCCC1)NC1CCN(c2cccs2)CC1. The van der Waals surface area contributed by atoms with Crippen LogP contribution in [-0.2, 0) is 0 Å². The highest BCUT2D eigenvalue weighted by Crippen LogP contribution is 2.26. The fourth-order valence-electron chi connectivity index (χ4n) is 4.55. The first kappa shape index (κ1) is 21.2. The molecule has 162 valence electrons. The van der Waals surface area contributed by atoms with E-state index in [1.807, 2.05) is 11.3 Å². The van der Waals surface area contributed by atoms with Crippen LogP contribution >= 0.6 is 11.3 Å². The minimum atomic E-state index is 0.366. The van der Waals surface area contributed by atoms with Crippen molar-refractivity contribution >= 4 is 22.3 Å². The largest absolute Gasteiger partial charge is 0.363 e. The summed E-state index contributed by atoms with van der Waals surface area (Å²) in [4.78, 5) is 10.1. The highest BCUT2D eigenvalue weighted by atomic mass is 32.1. The number of piperidine rings is 1. The van der Waals surface area contributed by atoms with Gasteiger partial charge in [0.15, 0.2) is 5.96 Å². The molecule has 0 radical (unpaired) electrons. The summed E-state index contributed by atoms with van der Waals surface area (Å²) in [5, 5.41) is 10.8. The highest BCUT2D eigenvalue weighted by Gasteiger charge is 2.24. The van der Waals surface area contributed by atoms with Crippen molar-refractivity contribution < 1.29 is 0 Å². The van der Waals surface area contributed by atoms with Crippen LogP contribution in [0.3, 0.4) is 0 Å². The van der Waals surface area contributed by atoms with Gasteiger partial charge in [-0.3, -0.25) is 9.89 Å². The van der Waals surface area contributed by atoms with E-state index in [0.29, 0.717) is 12.1 Å². The molecule has 0 spiro atoms. The van der Waals surface area contributed by atoms with E-state index < -0.39 is 0 Å². The molecule has 1 aromatic carbocycles. The zero-order valence-corrected chi connectivity index (χ0v) is 18.9. The Bertz CT molecular complexity index is 762. The van der Waals surface area contributed by atoms with E-state index in [1.54, 1.807) is 0 Å². The van der Waals surface area contributed by atoms with Gasteiger partial charge in [-0.1, -0.05) is 30.3 Å². The van der Waals surface area contributed by atoms with E-state index in [4.69, 9.17) is 4.99 Å². The number of benzene rings is 1. The van der Waals surface area contributed by atoms with Gasteiger partial charge in [-0.05, 0) is 68.8 Å². The van der Waals surface area contributed by atoms with E-state index in [2.05, 4.69) is 75.2 Å². The number of nitrogens with zero attached hydrogens (tertiary/aromatic N) is 3. The van der Waals surface area contributed by atoms with Gasteiger partial charge in [0.2, 0.25) is 0 Å². The van der Waals surface area contributed by atoms with Crippen molar-refractivity contribution in [3.63, 3.8) is 0 Å². The van der Waals surface area contributed by atoms with Crippen LogP contribution in [0.2, 0.25) is 0 Å². The van der Waals surface area contributed by atoms with Crippen LogP contribution in [0.5, 0.6) is 0 Å². The van der Waals surface area contributed by atoms with Crippen molar-refractivity contribution in [2.45, 2.75) is 44.7 Å². The third kappa shape index (κ3) is 5.55. The van der Waals surface area contributed by atoms with Crippen LogP contribution in [0, 0.1) is 0 Å². The fourth-order valence-corrected chi connectivity index (χ4v) is 5.33. The Labute approximate surface area is 185 Å². The van der Waals surface area contributed by atoms with Crippen LogP contribution in [0.15, 0.2) is 52.8 Å². The molecule has 2 fully saturated rings. The van der Waals surface area contributed by atoms with Gasteiger partial charge in [0.1, 0.15) is 0 Å².